The number of nitrogens with zero attached hydrogens (tertiary/aromatic N) is 2. The number of carbonyl (C=O) groups is 1. The van der Waals surface area contributed by atoms with Gasteiger partial charge in [0, 0.05) is 35.1 Å². The first-order valence-corrected chi connectivity index (χ1v) is 9.70. The highest BCUT2D eigenvalue weighted by molar-refractivity contribution is 5.91. The molecule has 0 spiro atoms. The number of nitrogens with one attached hydrogen (secondary N) is 1. The molecule has 1 aliphatic heterocycles. The Balaban J connectivity index is 1.39. The molecular weight excluding hydrogens is 401 g/mol. The van der Waals surface area contributed by atoms with Crippen molar-refractivity contribution in [2.24, 2.45) is 0 Å². The molecule has 0 unspecified atom stereocenters. The molecule has 1 aliphatic rings. The Labute approximate surface area is 176 Å². The van der Waals surface area contributed by atoms with E-state index in [9.17, 15) is 14.0 Å². The number of carbonyl (C=O) groups excluding carboxylic acids is 1. The smallest absolute Gasteiger partial charge is 0.275 e. The molecule has 2 aromatic carbocycles. The molecule has 3 heterocycles. The molecule has 0 saturated heterocycles. The molecule has 4 aromatic rings. The standard InChI is InChI=1S/C23H18FN3O4/c24-18-4-2-1-3-16(18)12-26-9-7-15-8-10-27(23(29)22(15)26)13-21(28)25-17-5-6-19-20(11-17)31-14-30-19/h1-11H,12-14H2,(H,25,28). The van der Waals surface area contributed by atoms with Crippen LogP contribution in [0.1, 0.15) is 5.56 Å². The van der Waals surface area contributed by atoms with Crippen LogP contribution in [0.3, 0.4) is 0 Å². The summed E-state index contributed by atoms with van der Waals surface area (Å²) in [5.41, 5.74) is 1.13. The SMILES string of the molecule is O=C(Cn1ccc2ccn(Cc3ccccc3F)c2c1=O)Nc1ccc2c(c1)OCO2. The molecule has 1 N–H and O–H groups in total. The van der Waals surface area contributed by atoms with Crippen LogP contribution in [0.4, 0.5) is 10.1 Å². The van der Waals surface area contributed by atoms with Gasteiger partial charge >= 0.3 is 0 Å². The maximum Gasteiger partial charge on any atom is 0.275 e. The molecule has 0 radical (unpaired) electrons. The van der Waals surface area contributed by atoms with Crippen molar-refractivity contribution in [3.63, 3.8) is 0 Å². The highest BCUT2D eigenvalue weighted by Crippen LogP contribution is 2.34. The maximum absolute atomic E-state index is 14.1. The van der Waals surface area contributed by atoms with E-state index >= 15 is 0 Å². The molecule has 0 bridgehead atoms. The predicted octanol–water partition coefficient (Wildman–Crippen LogP) is 3.36. The number of ether oxygens (including phenoxy) is 2. The van der Waals surface area contributed by atoms with E-state index in [2.05, 4.69) is 5.32 Å². The minimum atomic E-state index is -0.354. The third-order valence-electron chi connectivity index (χ3n) is 5.16. The van der Waals surface area contributed by atoms with E-state index in [0.717, 1.165) is 5.39 Å². The van der Waals surface area contributed by atoms with Crippen LogP contribution in [0.15, 0.2) is 71.8 Å². The molecule has 1 amide bonds. The average molecular weight is 419 g/mol. The molecule has 5 rings (SSSR count). The first kappa shape index (κ1) is 18.9. The van der Waals surface area contributed by atoms with Gasteiger partial charge in [-0.1, -0.05) is 18.2 Å². The molecule has 0 atom stereocenters. The number of pyridine rings is 1. The summed E-state index contributed by atoms with van der Waals surface area (Å²) in [6, 6.07) is 15.1. The summed E-state index contributed by atoms with van der Waals surface area (Å²) in [6.45, 7) is 0.210. The van der Waals surface area contributed by atoms with Crippen LogP contribution >= 0.6 is 0 Å². The third kappa shape index (κ3) is 3.63. The van der Waals surface area contributed by atoms with E-state index in [4.69, 9.17) is 9.47 Å². The molecule has 156 valence electrons. The van der Waals surface area contributed by atoms with Crippen molar-refractivity contribution in [1.29, 1.82) is 0 Å². The number of hydrogen-bond acceptors (Lipinski definition) is 4. The van der Waals surface area contributed by atoms with Crippen molar-refractivity contribution < 1.29 is 18.7 Å². The number of fused-ring (bicyclic) bond motifs is 2. The van der Waals surface area contributed by atoms with E-state index in [1.807, 2.05) is 0 Å². The van der Waals surface area contributed by atoms with Gasteiger partial charge in [-0.3, -0.25) is 9.59 Å². The van der Waals surface area contributed by atoms with Crippen LogP contribution < -0.4 is 20.3 Å². The quantitative estimate of drug-likeness (QED) is 0.538. The predicted molar refractivity (Wildman–Crippen MR) is 113 cm³/mol. The Morgan fingerprint density at radius 3 is 2.61 bits per heavy atom. The lowest BCUT2D eigenvalue weighted by atomic mass is 10.2. The number of anilines is 1. The van der Waals surface area contributed by atoms with Crippen molar-refractivity contribution >= 4 is 22.5 Å². The largest absolute Gasteiger partial charge is 0.454 e. The summed E-state index contributed by atoms with van der Waals surface area (Å²) in [7, 11) is 0. The Hall–Kier alpha value is -4.07. The van der Waals surface area contributed by atoms with Crippen molar-refractivity contribution in [3.05, 3.63) is 88.7 Å². The fourth-order valence-corrected chi connectivity index (χ4v) is 3.64. The van der Waals surface area contributed by atoms with Crippen LogP contribution in [-0.4, -0.2) is 21.8 Å². The van der Waals surface area contributed by atoms with Gasteiger partial charge in [0.1, 0.15) is 17.9 Å². The van der Waals surface area contributed by atoms with E-state index in [-0.39, 0.29) is 37.2 Å². The molecule has 31 heavy (non-hydrogen) atoms. The van der Waals surface area contributed by atoms with Crippen molar-refractivity contribution in [3.8, 4) is 11.5 Å². The highest BCUT2D eigenvalue weighted by atomic mass is 19.1. The number of benzene rings is 2. The van der Waals surface area contributed by atoms with Crippen LogP contribution in [0.5, 0.6) is 11.5 Å². The average Bonchev–Trinajstić information content (AvgIpc) is 3.39. The monoisotopic (exact) mass is 419 g/mol. The Morgan fingerprint density at radius 2 is 1.77 bits per heavy atom. The third-order valence-corrected chi connectivity index (χ3v) is 5.16. The van der Waals surface area contributed by atoms with Crippen LogP contribution in [0.25, 0.3) is 10.9 Å². The lowest BCUT2D eigenvalue weighted by Gasteiger charge is -2.10. The van der Waals surface area contributed by atoms with Crippen LogP contribution in [0.2, 0.25) is 0 Å². The first-order chi connectivity index (χ1) is 15.1. The molecule has 0 saturated carbocycles. The van der Waals surface area contributed by atoms with Gasteiger partial charge in [0.05, 0.1) is 6.54 Å². The minimum absolute atomic E-state index is 0.147. The molecule has 0 aliphatic carbocycles. The minimum Gasteiger partial charge on any atom is -0.454 e. The van der Waals surface area contributed by atoms with Gasteiger partial charge in [-0.05, 0) is 30.3 Å². The van der Waals surface area contributed by atoms with Gasteiger partial charge in [0.2, 0.25) is 12.7 Å². The van der Waals surface area contributed by atoms with Gasteiger partial charge < -0.3 is 23.9 Å². The zero-order valence-electron chi connectivity index (χ0n) is 16.4. The molecule has 8 heteroatoms. The number of amides is 1. The van der Waals surface area contributed by atoms with Crippen LogP contribution in [0, 0.1) is 5.82 Å². The summed E-state index contributed by atoms with van der Waals surface area (Å²) in [5, 5.41) is 3.49. The molecule has 7 nitrogen and oxygen atoms in total. The van der Waals surface area contributed by atoms with Crippen molar-refractivity contribution in [1.82, 2.24) is 9.13 Å². The van der Waals surface area contributed by atoms with Gasteiger partial charge in [-0.2, -0.15) is 0 Å². The van der Waals surface area contributed by atoms with E-state index in [1.165, 1.54) is 10.6 Å². The second kappa shape index (κ2) is 7.64. The zero-order valence-corrected chi connectivity index (χ0v) is 16.4. The maximum atomic E-state index is 14.1. The summed E-state index contributed by atoms with van der Waals surface area (Å²) >= 11 is 0. The summed E-state index contributed by atoms with van der Waals surface area (Å²) in [5.74, 6) is 0.494. The van der Waals surface area contributed by atoms with E-state index in [1.54, 1.807) is 65.5 Å². The second-order valence-electron chi connectivity index (χ2n) is 7.20. The lowest BCUT2D eigenvalue weighted by molar-refractivity contribution is -0.116. The highest BCUT2D eigenvalue weighted by Gasteiger charge is 2.15. The fourth-order valence-electron chi connectivity index (χ4n) is 3.64. The normalized spacial score (nSPS) is 12.3. The Bertz CT molecular complexity index is 1360. The fraction of sp³-hybridized carbons (Fsp3) is 0.130. The topological polar surface area (TPSA) is 74.5 Å². The van der Waals surface area contributed by atoms with Gasteiger partial charge in [-0.15, -0.1) is 0 Å². The van der Waals surface area contributed by atoms with E-state index < -0.39 is 0 Å². The van der Waals surface area contributed by atoms with Gasteiger partial charge in [-0.25, -0.2) is 4.39 Å². The summed E-state index contributed by atoms with van der Waals surface area (Å²) in [6.07, 6.45) is 3.33. The number of rotatable bonds is 5. The Morgan fingerprint density at radius 1 is 1.00 bits per heavy atom. The number of halogens is 1. The number of aromatic nitrogens is 2. The van der Waals surface area contributed by atoms with Gasteiger partial charge in [0.25, 0.3) is 5.56 Å². The first-order valence-electron chi connectivity index (χ1n) is 9.70. The Kier molecular flexibility index (Phi) is 4.66. The summed E-state index contributed by atoms with van der Waals surface area (Å²) in [4.78, 5) is 25.6. The van der Waals surface area contributed by atoms with E-state index in [0.29, 0.717) is 28.3 Å². The molecule has 0 fully saturated rings. The van der Waals surface area contributed by atoms with Crippen molar-refractivity contribution in [2.45, 2.75) is 13.1 Å². The van der Waals surface area contributed by atoms with Gasteiger partial charge in [0.15, 0.2) is 11.5 Å². The zero-order chi connectivity index (χ0) is 21.4. The second-order valence-corrected chi connectivity index (χ2v) is 7.20. The number of hydrogen-bond donors (Lipinski definition) is 1. The molecular formula is C23H18FN3O4. The van der Waals surface area contributed by atoms with Crippen molar-refractivity contribution in [2.75, 3.05) is 12.1 Å². The summed E-state index contributed by atoms with van der Waals surface area (Å²) < 4.78 is 27.7. The molecule has 2 aromatic heterocycles. The lowest BCUT2D eigenvalue weighted by Crippen LogP contribution is -2.28. The van der Waals surface area contributed by atoms with Crippen LogP contribution in [-0.2, 0) is 17.9 Å².